The van der Waals surface area contributed by atoms with Gasteiger partial charge in [-0.05, 0) is 70.5 Å². The van der Waals surface area contributed by atoms with Gasteiger partial charge >= 0.3 is 0 Å². The number of aryl methyl sites for hydroxylation is 2. The summed E-state index contributed by atoms with van der Waals surface area (Å²) in [7, 11) is 0. The summed E-state index contributed by atoms with van der Waals surface area (Å²) >= 11 is 0. The van der Waals surface area contributed by atoms with Crippen LogP contribution >= 0.6 is 0 Å². The third-order valence-corrected chi connectivity index (χ3v) is 6.02. The highest BCUT2D eigenvalue weighted by Crippen LogP contribution is 2.30. The van der Waals surface area contributed by atoms with E-state index in [2.05, 4.69) is 10.4 Å². The molecule has 1 aliphatic heterocycles. The molecule has 0 atom stereocenters. The lowest BCUT2D eigenvalue weighted by atomic mass is 10.1. The maximum Gasteiger partial charge on any atom is 0.262 e. The second-order valence-electron chi connectivity index (χ2n) is 9.73. The largest absolute Gasteiger partial charge is 0.306 e. The number of rotatable bonds is 3. The van der Waals surface area contributed by atoms with Crippen LogP contribution in [0.5, 0.6) is 0 Å². The van der Waals surface area contributed by atoms with Gasteiger partial charge in [-0.15, -0.1) is 0 Å². The van der Waals surface area contributed by atoms with Crippen molar-refractivity contribution in [2.45, 2.75) is 40.2 Å². The van der Waals surface area contributed by atoms with Crippen molar-refractivity contribution in [2.24, 2.45) is 0 Å². The number of benzene rings is 2. The number of nitrogens with one attached hydrogen (secondary N) is 1. The fourth-order valence-electron chi connectivity index (χ4n) is 4.38. The average molecular weight is 468 g/mol. The molecule has 0 unspecified atom stereocenters. The lowest BCUT2D eigenvalue weighted by Gasteiger charge is -2.29. The van der Waals surface area contributed by atoms with Crippen LogP contribution in [0.1, 0.15) is 63.1 Å². The normalized spacial score (nSPS) is 13.5. The summed E-state index contributed by atoms with van der Waals surface area (Å²) in [5.41, 5.74) is 2.73. The van der Waals surface area contributed by atoms with Gasteiger partial charge in [0.1, 0.15) is 5.82 Å². The van der Waals surface area contributed by atoms with Crippen molar-refractivity contribution in [1.82, 2.24) is 19.7 Å². The Morgan fingerprint density at radius 2 is 1.63 bits per heavy atom. The smallest absolute Gasteiger partial charge is 0.262 e. The van der Waals surface area contributed by atoms with Crippen LogP contribution in [0, 0.1) is 13.8 Å². The molecule has 0 aliphatic carbocycles. The second kappa shape index (κ2) is 7.87. The van der Waals surface area contributed by atoms with Crippen LogP contribution in [0.25, 0.3) is 16.7 Å². The summed E-state index contributed by atoms with van der Waals surface area (Å²) in [4.78, 5) is 44.8. The fourth-order valence-corrected chi connectivity index (χ4v) is 4.38. The molecule has 2 aromatic carbocycles. The zero-order chi connectivity index (χ0) is 25.1. The molecule has 3 amide bonds. The van der Waals surface area contributed by atoms with E-state index in [1.54, 1.807) is 37.6 Å². The minimum Gasteiger partial charge on any atom is -0.306 e. The number of fused-ring (bicyclic) bond motifs is 2. The third kappa shape index (κ3) is 3.77. The molecule has 35 heavy (non-hydrogen) atoms. The van der Waals surface area contributed by atoms with Gasteiger partial charge in [0.15, 0.2) is 5.82 Å². The summed E-state index contributed by atoms with van der Waals surface area (Å²) in [5.74, 6) is -0.130. The van der Waals surface area contributed by atoms with Crippen LogP contribution in [-0.4, -0.2) is 42.9 Å². The number of pyridine rings is 1. The summed E-state index contributed by atoms with van der Waals surface area (Å²) in [5, 5.41) is 8.46. The van der Waals surface area contributed by atoms with E-state index < -0.39 is 17.4 Å². The van der Waals surface area contributed by atoms with Crippen molar-refractivity contribution in [1.29, 1.82) is 0 Å². The van der Waals surface area contributed by atoms with Crippen LogP contribution in [0.2, 0.25) is 0 Å². The van der Waals surface area contributed by atoms with E-state index in [4.69, 9.17) is 4.98 Å². The van der Waals surface area contributed by atoms with Crippen LogP contribution in [0.4, 0.5) is 5.82 Å². The molecule has 3 heterocycles. The highest BCUT2D eigenvalue weighted by atomic mass is 16.2. The van der Waals surface area contributed by atoms with E-state index >= 15 is 0 Å². The Kier molecular flexibility index (Phi) is 5.05. The quantitative estimate of drug-likeness (QED) is 0.441. The van der Waals surface area contributed by atoms with Crippen molar-refractivity contribution in [3.63, 3.8) is 0 Å². The number of amides is 3. The number of carbonyl (C=O) groups excluding carboxylic acids is 3. The van der Waals surface area contributed by atoms with Crippen molar-refractivity contribution in [2.75, 3.05) is 5.32 Å². The number of carbonyl (C=O) groups is 3. The molecular formula is C27H25N5O3. The van der Waals surface area contributed by atoms with Gasteiger partial charge in [-0.25, -0.2) is 4.98 Å². The zero-order valence-electron chi connectivity index (χ0n) is 20.2. The number of hydrogen-bond acceptors (Lipinski definition) is 5. The minimum atomic E-state index is -0.662. The van der Waals surface area contributed by atoms with Gasteiger partial charge in [0.25, 0.3) is 17.7 Å². The number of anilines is 1. The zero-order valence-corrected chi connectivity index (χ0v) is 20.2. The van der Waals surface area contributed by atoms with E-state index in [1.807, 2.05) is 44.2 Å². The van der Waals surface area contributed by atoms with Crippen molar-refractivity contribution in [3.8, 4) is 5.82 Å². The Hall–Kier alpha value is -4.33. The predicted molar refractivity (Wildman–Crippen MR) is 133 cm³/mol. The van der Waals surface area contributed by atoms with E-state index in [0.717, 1.165) is 16.5 Å². The maximum absolute atomic E-state index is 13.2. The number of nitrogens with zero attached hydrogens (tertiary/aromatic N) is 4. The van der Waals surface area contributed by atoms with Gasteiger partial charge in [0, 0.05) is 22.6 Å². The third-order valence-electron chi connectivity index (χ3n) is 6.02. The molecule has 176 valence electrons. The van der Waals surface area contributed by atoms with Crippen molar-refractivity contribution >= 4 is 34.4 Å². The number of imide groups is 1. The number of para-hydroxylation sites is 1. The van der Waals surface area contributed by atoms with Crippen LogP contribution in [0.15, 0.2) is 54.6 Å². The van der Waals surface area contributed by atoms with Gasteiger partial charge in [-0.3, -0.25) is 19.3 Å². The second-order valence-corrected chi connectivity index (χ2v) is 9.73. The summed E-state index contributed by atoms with van der Waals surface area (Å²) in [6.07, 6.45) is 0. The van der Waals surface area contributed by atoms with Gasteiger partial charge in [0.05, 0.1) is 22.3 Å². The Labute approximate surface area is 202 Å². The van der Waals surface area contributed by atoms with E-state index in [-0.39, 0.29) is 17.0 Å². The minimum absolute atomic E-state index is 0.231. The lowest BCUT2D eigenvalue weighted by molar-refractivity contribution is 0.0507. The SMILES string of the molecule is Cc1cc(NC(=O)c2ccc3c(c2)C(=O)N(C(C)(C)C)C3=O)n(-c2cc(C)c3ccccc3n2)n1. The molecule has 1 aliphatic rings. The first kappa shape index (κ1) is 22.5. The van der Waals surface area contributed by atoms with Crippen molar-refractivity contribution in [3.05, 3.63) is 82.5 Å². The van der Waals surface area contributed by atoms with E-state index in [9.17, 15) is 14.4 Å². The van der Waals surface area contributed by atoms with Crippen LogP contribution in [-0.2, 0) is 0 Å². The van der Waals surface area contributed by atoms with Crippen LogP contribution in [0.3, 0.4) is 0 Å². The molecule has 8 nitrogen and oxygen atoms in total. The first-order chi connectivity index (χ1) is 16.5. The summed E-state index contributed by atoms with van der Waals surface area (Å²) in [6, 6.07) is 16.1. The molecule has 1 N–H and O–H groups in total. The highest BCUT2D eigenvalue weighted by Gasteiger charge is 2.42. The monoisotopic (exact) mass is 467 g/mol. The van der Waals surface area contributed by atoms with Crippen LogP contribution < -0.4 is 5.32 Å². The standard InChI is InChI=1S/C27H25N5O3/c1-15-12-22(28-21-9-7-6-8-18(15)21)32-23(13-16(2)30-32)29-24(33)17-10-11-19-20(14-17)26(35)31(25(19)34)27(3,4)5/h6-14H,1-5H3,(H,29,33). The molecule has 8 heteroatoms. The highest BCUT2D eigenvalue weighted by molar-refractivity contribution is 6.22. The predicted octanol–water partition coefficient (Wildman–Crippen LogP) is 4.68. The Morgan fingerprint density at radius 1 is 0.914 bits per heavy atom. The number of aromatic nitrogens is 3. The van der Waals surface area contributed by atoms with Crippen molar-refractivity contribution < 1.29 is 14.4 Å². The number of hydrogen-bond donors (Lipinski definition) is 1. The molecule has 0 saturated carbocycles. The molecule has 0 spiro atoms. The molecule has 0 fully saturated rings. The molecule has 4 aromatic rings. The molecule has 0 radical (unpaired) electrons. The molecule has 5 rings (SSSR count). The Morgan fingerprint density at radius 3 is 2.37 bits per heavy atom. The van der Waals surface area contributed by atoms with Gasteiger partial charge in [0.2, 0.25) is 0 Å². The van der Waals surface area contributed by atoms with E-state index in [1.165, 1.54) is 17.0 Å². The summed E-state index contributed by atoms with van der Waals surface area (Å²) < 4.78 is 1.59. The van der Waals surface area contributed by atoms with E-state index in [0.29, 0.717) is 22.9 Å². The first-order valence-corrected chi connectivity index (χ1v) is 11.3. The topological polar surface area (TPSA) is 97.2 Å². The maximum atomic E-state index is 13.2. The lowest BCUT2D eigenvalue weighted by Crippen LogP contribution is -2.45. The molecule has 0 bridgehead atoms. The van der Waals surface area contributed by atoms with Gasteiger partial charge in [-0.1, -0.05) is 18.2 Å². The Balaban J connectivity index is 1.48. The summed E-state index contributed by atoms with van der Waals surface area (Å²) in [6.45, 7) is 9.24. The first-order valence-electron chi connectivity index (χ1n) is 11.3. The average Bonchev–Trinajstić information content (AvgIpc) is 3.29. The molecule has 2 aromatic heterocycles. The molecule has 0 saturated heterocycles. The van der Waals surface area contributed by atoms with Gasteiger partial charge < -0.3 is 5.32 Å². The fraction of sp³-hybridized carbons (Fsp3) is 0.222. The Bertz CT molecular complexity index is 1540. The van der Waals surface area contributed by atoms with Gasteiger partial charge in [-0.2, -0.15) is 9.78 Å². The molecular weight excluding hydrogens is 442 g/mol.